The molecule has 0 unspecified atom stereocenters. The van der Waals surface area contributed by atoms with Crippen molar-refractivity contribution < 1.29 is 0 Å². The zero-order valence-corrected chi connectivity index (χ0v) is 37.9. The number of aromatic nitrogens is 2. The molecular weight excluding hydrogens is 841 g/mol. The first-order chi connectivity index (χ1) is 33.7. The average Bonchev–Trinajstić information content (AvgIpc) is 3.95. The largest absolute Gasteiger partial charge is 0.228 e. The van der Waals surface area contributed by atoms with Gasteiger partial charge in [-0.1, -0.05) is 218 Å². The van der Waals surface area contributed by atoms with Crippen molar-refractivity contribution in [2.24, 2.45) is 0 Å². The molecule has 0 atom stereocenters. The van der Waals surface area contributed by atoms with Gasteiger partial charge in [-0.3, -0.25) is 0 Å². The molecule has 13 rings (SSSR count). The fourth-order valence-electron chi connectivity index (χ4n) is 10.6. The van der Waals surface area contributed by atoms with Crippen LogP contribution in [-0.4, -0.2) is 9.97 Å². The zero-order valence-electron chi connectivity index (χ0n) is 37.1. The Labute approximate surface area is 400 Å². The molecule has 0 radical (unpaired) electrons. The highest BCUT2D eigenvalue weighted by Crippen LogP contribution is 2.57. The van der Waals surface area contributed by atoms with Crippen LogP contribution in [0.2, 0.25) is 0 Å². The SMILES string of the molecule is c1ccc(-c2ccc(-c3cc(-c4cc(-c5ccc6c(c5)C(c5ccccc5)(c5ccccc5)c5ccccc5-6)nc(-c5ccccc5)n4)cc(-c4cccc5c4sc4ccccc45)c3)cc2)cc1. The number of benzene rings is 10. The molecule has 318 valence electrons. The predicted molar refractivity (Wildman–Crippen MR) is 285 cm³/mol. The van der Waals surface area contributed by atoms with E-state index in [4.69, 9.17) is 9.97 Å². The smallest absolute Gasteiger partial charge is 0.160 e. The van der Waals surface area contributed by atoms with Crippen molar-refractivity contribution in [2.75, 3.05) is 0 Å². The number of thiophene rings is 1. The maximum Gasteiger partial charge on any atom is 0.160 e. The molecule has 2 heterocycles. The molecule has 0 amide bonds. The number of fused-ring (bicyclic) bond motifs is 6. The van der Waals surface area contributed by atoms with Crippen molar-refractivity contribution in [2.45, 2.75) is 5.41 Å². The molecule has 1 aliphatic rings. The van der Waals surface area contributed by atoms with Gasteiger partial charge in [0.15, 0.2) is 5.82 Å². The summed E-state index contributed by atoms with van der Waals surface area (Å²) < 4.78 is 2.57. The molecule has 0 aliphatic heterocycles. The number of hydrogen-bond donors (Lipinski definition) is 0. The van der Waals surface area contributed by atoms with E-state index in [1.165, 1.54) is 70.2 Å². The summed E-state index contributed by atoms with van der Waals surface area (Å²) >= 11 is 1.86. The predicted octanol–water partition coefficient (Wildman–Crippen LogP) is 17.2. The summed E-state index contributed by atoms with van der Waals surface area (Å²) in [6.07, 6.45) is 0. The summed E-state index contributed by atoms with van der Waals surface area (Å²) in [5, 5.41) is 2.56. The number of rotatable bonds is 8. The first-order valence-electron chi connectivity index (χ1n) is 23.2. The van der Waals surface area contributed by atoms with Gasteiger partial charge < -0.3 is 0 Å². The molecule has 10 aromatic carbocycles. The molecular formula is C65H42N2S. The van der Waals surface area contributed by atoms with Crippen molar-refractivity contribution in [1.82, 2.24) is 9.97 Å². The Balaban J connectivity index is 1.03. The summed E-state index contributed by atoms with van der Waals surface area (Å²) in [6.45, 7) is 0. The summed E-state index contributed by atoms with van der Waals surface area (Å²) in [6, 6.07) is 92.5. The second kappa shape index (κ2) is 16.4. The van der Waals surface area contributed by atoms with Crippen LogP contribution in [0.25, 0.3) is 98.6 Å². The van der Waals surface area contributed by atoms with E-state index < -0.39 is 5.41 Å². The summed E-state index contributed by atoms with van der Waals surface area (Å²) in [4.78, 5) is 10.9. The van der Waals surface area contributed by atoms with E-state index in [2.05, 4.69) is 249 Å². The molecule has 2 nitrogen and oxygen atoms in total. The monoisotopic (exact) mass is 882 g/mol. The van der Waals surface area contributed by atoms with Crippen LogP contribution in [0.3, 0.4) is 0 Å². The highest BCUT2D eigenvalue weighted by Gasteiger charge is 2.46. The Kier molecular flexibility index (Phi) is 9.62. The van der Waals surface area contributed by atoms with Crippen LogP contribution in [0.4, 0.5) is 0 Å². The maximum absolute atomic E-state index is 5.44. The van der Waals surface area contributed by atoms with Gasteiger partial charge in [0, 0.05) is 36.9 Å². The van der Waals surface area contributed by atoms with Gasteiger partial charge in [0.25, 0.3) is 0 Å². The lowest BCUT2D eigenvalue weighted by Gasteiger charge is -2.34. The van der Waals surface area contributed by atoms with E-state index in [0.29, 0.717) is 5.82 Å². The Morgan fingerprint density at radius 1 is 0.294 bits per heavy atom. The highest BCUT2D eigenvalue weighted by atomic mass is 32.1. The Morgan fingerprint density at radius 2 is 0.794 bits per heavy atom. The lowest BCUT2D eigenvalue weighted by atomic mass is 9.67. The van der Waals surface area contributed by atoms with Gasteiger partial charge in [-0.25, -0.2) is 9.97 Å². The fourth-order valence-corrected chi connectivity index (χ4v) is 11.9. The molecule has 0 N–H and O–H groups in total. The number of hydrogen-bond acceptors (Lipinski definition) is 3. The maximum atomic E-state index is 5.44. The molecule has 3 heteroatoms. The first-order valence-corrected chi connectivity index (χ1v) is 24.0. The van der Waals surface area contributed by atoms with Crippen LogP contribution in [-0.2, 0) is 5.41 Å². The normalized spacial score (nSPS) is 12.5. The molecule has 1 aliphatic carbocycles. The van der Waals surface area contributed by atoms with E-state index in [0.717, 1.165) is 44.8 Å². The zero-order chi connectivity index (χ0) is 45.0. The van der Waals surface area contributed by atoms with Gasteiger partial charge in [-0.2, -0.15) is 0 Å². The minimum absolute atomic E-state index is 0.532. The summed E-state index contributed by atoms with van der Waals surface area (Å²) in [5.74, 6) is 0.685. The molecule has 68 heavy (non-hydrogen) atoms. The van der Waals surface area contributed by atoms with Crippen molar-refractivity contribution in [3.8, 4) is 78.4 Å². The van der Waals surface area contributed by atoms with Gasteiger partial charge >= 0.3 is 0 Å². The van der Waals surface area contributed by atoms with Crippen LogP contribution in [0.5, 0.6) is 0 Å². The van der Waals surface area contributed by atoms with Gasteiger partial charge in [-0.15, -0.1) is 11.3 Å². The second-order valence-electron chi connectivity index (χ2n) is 17.6. The van der Waals surface area contributed by atoms with Crippen molar-refractivity contribution in [1.29, 1.82) is 0 Å². The quantitative estimate of drug-likeness (QED) is 0.152. The fraction of sp³-hybridized carbons (Fsp3) is 0.0154. The summed E-state index contributed by atoms with van der Waals surface area (Å²) in [5.41, 5.74) is 18.7. The minimum atomic E-state index is -0.532. The van der Waals surface area contributed by atoms with Crippen molar-refractivity contribution in [3.63, 3.8) is 0 Å². The Morgan fingerprint density at radius 3 is 1.51 bits per heavy atom. The number of nitrogens with zero attached hydrogens (tertiary/aromatic N) is 2. The molecule has 2 aromatic heterocycles. The third-order valence-electron chi connectivity index (χ3n) is 13.8. The molecule has 12 aromatic rings. The summed E-state index contributed by atoms with van der Waals surface area (Å²) in [7, 11) is 0. The molecule has 0 spiro atoms. The van der Waals surface area contributed by atoms with Crippen molar-refractivity contribution in [3.05, 3.63) is 277 Å². The third kappa shape index (κ3) is 6.62. The van der Waals surface area contributed by atoms with Gasteiger partial charge in [-0.05, 0) is 103 Å². The van der Waals surface area contributed by atoms with E-state index in [1.54, 1.807) is 0 Å². The molecule has 0 saturated carbocycles. The van der Waals surface area contributed by atoms with Crippen LogP contribution in [0.1, 0.15) is 22.3 Å². The Bertz CT molecular complexity index is 3780. The molecule has 0 fully saturated rings. The van der Waals surface area contributed by atoms with Crippen LogP contribution in [0, 0.1) is 0 Å². The standard InChI is InChI=1S/C65H42N2S/c1-5-18-43(19-6-1)44-32-34-45(35-33-44)48-38-49(53-28-17-29-57-56-27-14-16-31-62(56)68-63(53)57)40-50(39-48)61-42-60(66-64(67-61)46-20-7-2-8-21-46)47-36-37-55-54-26-13-15-30-58(54)65(59(55)41-47,51-22-9-3-10-23-51)52-24-11-4-12-25-52/h1-42H. The molecule has 0 bridgehead atoms. The van der Waals surface area contributed by atoms with Crippen molar-refractivity contribution >= 4 is 31.5 Å². The van der Waals surface area contributed by atoms with E-state index in [1.807, 2.05) is 17.4 Å². The van der Waals surface area contributed by atoms with Crippen LogP contribution >= 0.6 is 11.3 Å². The average molecular weight is 883 g/mol. The molecule has 0 saturated heterocycles. The minimum Gasteiger partial charge on any atom is -0.228 e. The van der Waals surface area contributed by atoms with E-state index in [-0.39, 0.29) is 0 Å². The van der Waals surface area contributed by atoms with E-state index in [9.17, 15) is 0 Å². The highest BCUT2D eigenvalue weighted by molar-refractivity contribution is 7.26. The van der Waals surface area contributed by atoms with Gasteiger partial charge in [0.05, 0.1) is 16.8 Å². The van der Waals surface area contributed by atoms with Gasteiger partial charge in [0.1, 0.15) is 0 Å². The Hall–Kier alpha value is -8.50. The van der Waals surface area contributed by atoms with Gasteiger partial charge in [0.2, 0.25) is 0 Å². The first kappa shape index (κ1) is 39.8. The van der Waals surface area contributed by atoms with Crippen LogP contribution in [0.15, 0.2) is 255 Å². The van der Waals surface area contributed by atoms with Crippen LogP contribution < -0.4 is 0 Å². The topological polar surface area (TPSA) is 25.8 Å². The lowest BCUT2D eigenvalue weighted by molar-refractivity contribution is 0.768. The van der Waals surface area contributed by atoms with E-state index >= 15 is 0 Å². The lowest BCUT2D eigenvalue weighted by Crippen LogP contribution is -2.28. The third-order valence-corrected chi connectivity index (χ3v) is 15.0. The second-order valence-corrected chi connectivity index (χ2v) is 18.7.